The second-order valence-corrected chi connectivity index (χ2v) is 4.52. The van der Waals surface area contributed by atoms with Crippen molar-refractivity contribution in [1.29, 1.82) is 0 Å². The summed E-state index contributed by atoms with van der Waals surface area (Å²) < 4.78 is 2.16. The van der Waals surface area contributed by atoms with Crippen LogP contribution in [0.1, 0.15) is 51.9 Å². The number of rotatable bonds is 8. The highest BCUT2D eigenvalue weighted by Crippen LogP contribution is 2.06. The Bertz CT molecular complexity index is 313. The zero-order valence-electron chi connectivity index (χ0n) is 11.8. The number of hydrogen-bond donors (Lipinski definition) is 1. The van der Waals surface area contributed by atoms with E-state index in [9.17, 15) is 0 Å². The van der Waals surface area contributed by atoms with E-state index in [-0.39, 0.29) is 0 Å². The Morgan fingerprint density at radius 2 is 1.88 bits per heavy atom. The minimum Gasteiger partial charge on any atom is -0.312 e. The van der Waals surface area contributed by atoms with Crippen LogP contribution in [0.3, 0.4) is 0 Å². The Kier molecular flexibility index (Phi) is 6.27. The summed E-state index contributed by atoms with van der Waals surface area (Å²) in [5, 5.41) is 8.21. The van der Waals surface area contributed by atoms with Gasteiger partial charge >= 0.3 is 0 Å². The molecule has 0 saturated carbocycles. The van der Waals surface area contributed by atoms with Crippen molar-refractivity contribution in [3.63, 3.8) is 0 Å². The van der Waals surface area contributed by atoms with Crippen LogP contribution in [0.25, 0.3) is 0 Å². The minimum atomic E-state index is 0.654. The van der Waals surface area contributed by atoms with Gasteiger partial charge < -0.3 is 5.32 Å². The fraction of sp³-hybridized carbons (Fsp3) is 0.786. The van der Waals surface area contributed by atoms with Crippen molar-refractivity contribution in [2.75, 3.05) is 6.54 Å². The van der Waals surface area contributed by atoms with E-state index in [4.69, 9.17) is 0 Å². The lowest BCUT2D eigenvalue weighted by molar-refractivity contribution is 0.449. The summed E-state index contributed by atoms with van der Waals surface area (Å²) >= 11 is 0. The summed E-state index contributed by atoms with van der Waals surface area (Å²) in [5.41, 5.74) is 2.57. The van der Waals surface area contributed by atoms with Gasteiger partial charge in [0.1, 0.15) is 0 Å². The van der Waals surface area contributed by atoms with Crippen LogP contribution in [0.15, 0.2) is 6.07 Å². The third-order valence-corrected chi connectivity index (χ3v) is 3.38. The lowest BCUT2D eigenvalue weighted by atomic mass is 10.2. The summed E-state index contributed by atoms with van der Waals surface area (Å²) in [7, 11) is 0. The van der Waals surface area contributed by atoms with Gasteiger partial charge in [0.05, 0.1) is 12.2 Å². The summed E-state index contributed by atoms with van der Waals surface area (Å²) in [6, 6.07) is 2.89. The molecule has 0 aliphatic rings. The number of aromatic nitrogens is 2. The summed E-state index contributed by atoms with van der Waals surface area (Å²) in [4.78, 5) is 0. The molecule has 0 saturated heterocycles. The SMILES string of the molecule is CCc1cc(CC)n(CCNC(CC)CC)n1. The van der Waals surface area contributed by atoms with Crippen LogP contribution in [-0.4, -0.2) is 22.4 Å². The van der Waals surface area contributed by atoms with E-state index in [0.29, 0.717) is 6.04 Å². The van der Waals surface area contributed by atoms with E-state index >= 15 is 0 Å². The first-order chi connectivity index (χ1) is 8.24. The first-order valence-corrected chi connectivity index (χ1v) is 7.04. The quantitative estimate of drug-likeness (QED) is 0.753. The fourth-order valence-corrected chi connectivity index (χ4v) is 2.12. The van der Waals surface area contributed by atoms with Gasteiger partial charge in [-0.05, 0) is 31.7 Å². The van der Waals surface area contributed by atoms with E-state index in [1.54, 1.807) is 0 Å². The van der Waals surface area contributed by atoms with E-state index in [1.807, 2.05) is 0 Å². The third kappa shape index (κ3) is 4.15. The van der Waals surface area contributed by atoms with Crippen LogP contribution in [-0.2, 0) is 19.4 Å². The topological polar surface area (TPSA) is 29.9 Å². The van der Waals surface area contributed by atoms with E-state index in [2.05, 4.69) is 48.9 Å². The molecule has 1 aromatic rings. The molecule has 17 heavy (non-hydrogen) atoms. The monoisotopic (exact) mass is 237 g/mol. The molecule has 1 heterocycles. The van der Waals surface area contributed by atoms with Gasteiger partial charge in [-0.3, -0.25) is 4.68 Å². The van der Waals surface area contributed by atoms with Crippen LogP contribution in [0.5, 0.6) is 0 Å². The first kappa shape index (κ1) is 14.2. The molecule has 1 aromatic heterocycles. The number of hydrogen-bond acceptors (Lipinski definition) is 2. The lowest BCUT2D eigenvalue weighted by Gasteiger charge is -2.15. The van der Waals surface area contributed by atoms with Crippen molar-refractivity contribution >= 4 is 0 Å². The highest BCUT2D eigenvalue weighted by atomic mass is 15.3. The van der Waals surface area contributed by atoms with Crippen molar-refractivity contribution < 1.29 is 0 Å². The minimum absolute atomic E-state index is 0.654. The Balaban J connectivity index is 2.47. The maximum atomic E-state index is 4.62. The van der Waals surface area contributed by atoms with Crippen LogP contribution in [0.4, 0.5) is 0 Å². The standard InChI is InChI=1S/C14H27N3/c1-5-12(6-2)15-9-10-17-14(8-4)11-13(7-3)16-17/h11-12,15H,5-10H2,1-4H3. The van der Waals surface area contributed by atoms with Crippen molar-refractivity contribution in [2.24, 2.45) is 0 Å². The van der Waals surface area contributed by atoms with Crippen LogP contribution >= 0.6 is 0 Å². The molecule has 0 amide bonds. The van der Waals surface area contributed by atoms with Gasteiger partial charge in [0.25, 0.3) is 0 Å². The normalized spacial score (nSPS) is 11.4. The third-order valence-electron chi connectivity index (χ3n) is 3.38. The Hall–Kier alpha value is -0.830. The average molecular weight is 237 g/mol. The van der Waals surface area contributed by atoms with E-state index < -0.39 is 0 Å². The second-order valence-electron chi connectivity index (χ2n) is 4.52. The van der Waals surface area contributed by atoms with Crippen LogP contribution in [0, 0.1) is 0 Å². The molecular formula is C14H27N3. The maximum Gasteiger partial charge on any atom is 0.0624 e. The molecule has 0 aromatic carbocycles. The van der Waals surface area contributed by atoms with Crippen LogP contribution < -0.4 is 5.32 Å². The Labute approximate surface area is 106 Å². The number of nitrogens with one attached hydrogen (secondary N) is 1. The molecule has 0 radical (unpaired) electrons. The molecule has 0 atom stereocenters. The fourth-order valence-electron chi connectivity index (χ4n) is 2.12. The van der Waals surface area contributed by atoms with Crippen molar-refractivity contribution in [2.45, 2.75) is 66.0 Å². The van der Waals surface area contributed by atoms with Gasteiger partial charge in [0.2, 0.25) is 0 Å². The predicted octanol–water partition coefficient (Wildman–Crippen LogP) is 2.79. The summed E-state index contributed by atoms with van der Waals surface area (Å²) in [6.07, 6.45) is 4.50. The van der Waals surface area contributed by atoms with Gasteiger partial charge in [0, 0.05) is 18.3 Å². The molecule has 1 rings (SSSR count). The zero-order valence-corrected chi connectivity index (χ0v) is 11.8. The van der Waals surface area contributed by atoms with Crippen molar-refractivity contribution in [3.05, 3.63) is 17.5 Å². The molecule has 0 unspecified atom stereocenters. The molecule has 98 valence electrons. The smallest absolute Gasteiger partial charge is 0.0624 e. The lowest BCUT2D eigenvalue weighted by Crippen LogP contribution is -2.31. The highest BCUT2D eigenvalue weighted by Gasteiger charge is 2.06. The molecule has 0 bridgehead atoms. The molecule has 3 nitrogen and oxygen atoms in total. The predicted molar refractivity (Wildman–Crippen MR) is 73.4 cm³/mol. The molecule has 0 spiro atoms. The van der Waals surface area contributed by atoms with Crippen molar-refractivity contribution in [3.8, 4) is 0 Å². The molecule has 1 N–H and O–H groups in total. The van der Waals surface area contributed by atoms with Gasteiger partial charge in [-0.1, -0.05) is 27.7 Å². The van der Waals surface area contributed by atoms with Gasteiger partial charge in [-0.2, -0.15) is 5.10 Å². The number of nitrogens with zero attached hydrogens (tertiary/aromatic N) is 2. The van der Waals surface area contributed by atoms with Gasteiger partial charge in [-0.15, -0.1) is 0 Å². The van der Waals surface area contributed by atoms with E-state index in [0.717, 1.165) is 25.9 Å². The molecule has 0 fully saturated rings. The number of aryl methyl sites for hydroxylation is 2. The van der Waals surface area contributed by atoms with E-state index in [1.165, 1.54) is 24.2 Å². The summed E-state index contributed by atoms with van der Waals surface area (Å²) in [5.74, 6) is 0. The van der Waals surface area contributed by atoms with Gasteiger partial charge in [0.15, 0.2) is 0 Å². The average Bonchev–Trinajstić information content (AvgIpc) is 2.77. The molecule has 0 aliphatic heterocycles. The summed E-state index contributed by atoms with van der Waals surface area (Å²) in [6.45, 7) is 10.8. The Morgan fingerprint density at radius 1 is 1.18 bits per heavy atom. The highest BCUT2D eigenvalue weighted by molar-refractivity contribution is 5.10. The Morgan fingerprint density at radius 3 is 2.41 bits per heavy atom. The molecular weight excluding hydrogens is 210 g/mol. The molecule has 0 aliphatic carbocycles. The first-order valence-electron chi connectivity index (χ1n) is 7.04. The maximum absolute atomic E-state index is 4.62. The van der Waals surface area contributed by atoms with Crippen LogP contribution in [0.2, 0.25) is 0 Å². The second kappa shape index (κ2) is 7.49. The zero-order chi connectivity index (χ0) is 12.7. The van der Waals surface area contributed by atoms with Gasteiger partial charge in [-0.25, -0.2) is 0 Å². The molecule has 3 heteroatoms. The largest absolute Gasteiger partial charge is 0.312 e. The van der Waals surface area contributed by atoms with Crippen molar-refractivity contribution in [1.82, 2.24) is 15.1 Å².